The molecular weight excluding hydrogens is 471 g/mol. The number of esters is 1. The Balaban J connectivity index is 1.40. The third kappa shape index (κ3) is 4.49. The van der Waals surface area contributed by atoms with E-state index >= 15 is 0 Å². The number of rotatable bonds is 6. The first-order valence-corrected chi connectivity index (χ1v) is 11.6. The largest absolute Gasteiger partial charge is 0.466 e. The molecule has 1 aliphatic rings. The summed E-state index contributed by atoms with van der Waals surface area (Å²) in [5.41, 5.74) is 0.543. The molecule has 36 heavy (non-hydrogen) atoms. The second kappa shape index (κ2) is 9.72. The molecule has 0 radical (unpaired) electrons. The smallest absolute Gasteiger partial charge is 0.350 e. The van der Waals surface area contributed by atoms with Gasteiger partial charge in [-0.25, -0.2) is 18.3 Å². The fraction of sp³-hybridized carbons (Fsp3) is 0.333. The first-order valence-electron chi connectivity index (χ1n) is 11.6. The number of nitrogens with zero attached hydrogens (tertiary/aromatic N) is 6. The Hall–Kier alpha value is -4.35. The minimum Gasteiger partial charge on any atom is -0.466 e. The lowest BCUT2D eigenvalue weighted by Crippen LogP contribution is -2.45. The summed E-state index contributed by atoms with van der Waals surface area (Å²) < 4.78 is 26.4. The van der Waals surface area contributed by atoms with Gasteiger partial charge < -0.3 is 14.2 Å². The van der Waals surface area contributed by atoms with E-state index in [1.54, 1.807) is 30.0 Å². The van der Waals surface area contributed by atoms with Crippen LogP contribution in [0.5, 0.6) is 0 Å². The van der Waals surface area contributed by atoms with Gasteiger partial charge in [0.05, 0.1) is 18.1 Å². The van der Waals surface area contributed by atoms with Crippen LogP contribution < -0.4 is 5.69 Å². The Kier molecular flexibility index (Phi) is 6.32. The standard InChI is InChI=1S/C24H23FN6O5/c1-2-35-23(33)16-7-4-10-29(13-16)19(32)14-31-24(34)30-11-5-9-18(21(30)27-31)22-26-20(28-36-22)15-6-3-8-17(25)12-15/h3,5-6,8-9,11-12,16H,2,4,7,10,13-14H2,1H3/t16-/m0/s1. The zero-order chi connectivity index (χ0) is 25.2. The molecule has 1 saturated heterocycles. The van der Waals surface area contributed by atoms with E-state index in [9.17, 15) is 18.8 Å². The molecule has 0 unspecified atom stereocenters. The molecule has 0 aliphatic carbocycles. The molecule has 5 rings (SSSR count). The molecule has 12 heteroatoms. The molecule has 3 aromatic heterocycles. The van der Waals surface area contributed by atoms with Crippen molar-refractivity contribution < 1.29 is 23.2 Å². The van der Waals surface area contributed by atoms with Gasteiger partial charge in [-0.3, -0.25) is 9.59 Å². The van der Waals surface area contributed by atoms with Crippen LogP contribution in [-0.4, -0.2) is 60.8 Å². The van der Waals surface area contributed by atoms with Crippen molar-refractivity contribution in [2.45, 2.75) is 26.3 Å². The van der Waals surface area contributed by atoms with Crippen molar-refractivity contribution in [3.05, 3.63) is 58.9 Å². The first kappa shape index (κ1) is 23.4. The van der Waals surface area contributed by atoms with Crippen molar-refractivity contribution in [3.63, 3.8) is 0 Å². The number of piperidine rings is 1. The van der Waals surface area contributed by atoms with E-state index in [1.165, 1.54) is 28.8 Å². The highest BCUT2D eigenvalue weighted by molar-refractivity contribution is 5.78. The highest BCUT2D eigenvalue weighted by atomic mass is 19.1. The Bertz CT molecular complexity index is 1490. The van der Waals surface area contributed by atoms with Crippen molar-refractivity contribution in [2.75, 3.05) is 19.7 Å². The molecule has 0 N–H and O–H groups in total. The maximum absolute atomic E-state index is 13.6. The maximum Gasteiger partial charge on any atom is 0.350 e. The van der Waals surface area contributed by atoms with Gasteiger partial charge in [0.25, 0.3) is 5.89 Å². The van der Waals surface area contributed by atoms with Crippen molar-refractivity contribution in [1.29, 1.82) is 0 Å². The predicted molar refractivity (Wildman–Crippen MR) is 124 cm³/mol. The molecule has 1 fully saturated rings. The number of halogens is 1. The molecule has 4 aromatic rings. The Morgan fingerprint density at radius 3 is 2.92 bits per heavy atom. The predicted octanol–water partition coefficient (Wildman–Crippen LogP) is 2.15. The zero-order valence-electron chi connectivity index (χ0n) is 19.5. The van der Waals surface area contributed by atoms with Gasteiger partial charge in [-0.05, 0) is 44.0 Å². The molecule has 0 bridgehead atoms. The molecule has 0 spiro atoms. The van der Waals surface area contributed by atoms with E-state index in [1.807, 2.05) is 0 Å². The molecule has 1 amide bonds. The van der Waals surface area contributed by atoms with Crippen LogP contribution >= 0.6 is 0 Å². The molecule has 186 valence electrons. The average molecular weight is 494 g/mol. The number of likely N-dealkylation sites (tertiary alicyclic amines) is 1. The average Bonchev–Trinajstić information content (AvgIpc) is 3.50. The first-order chi connectivity index (χ1) is 17.4. The summed E-state index contributed by atoms with van der Waals surface area (Å²) in [5, 5.41) is 8.25. The molecule has 1 aliphatic heterocycles. The molecule has 4 heterocycles. The molecule has 1 atom stereocenters. The second-order valence-electron chi connectivity index (χ2n) is 8.42. The number of carbonyl (C=O) groups is 2. The number of hydrogen-bond donors (Lipinski definition) is 0. The van der Waals surface area contributed by atoms with Gasteiger partial charge in [0.15, 0.2) is 5.65 Å². The van der Waals surface area contributed by atoms with Gasteiger partial charge in [0.1, 0.15) is 12.4 Å². The summed E-state index contributed by atoms with van der Waals surface area (Å²) in [6.07, 6.45) is 2.85. The van der Waals surface area contributed by atoms with E-state index in [-0.39, 0.29) is 54.9 Å². The summed E-state index contributed by atoms with van der Waals surface area (Å²) in [5.74, 6) is -1.17. The van der Waals surface area contributed by atoms with Crippen LogP contribution in [0.25, 0.3) is 28.5 Å². The van der Waals surface area contributed by atoms with Gasteiger partial charge >= 0.3 is 11.7 Å². The van der Waals surface area contributed by atoms with Crippen LogP contribution in [0.15, 0.2) is 51.9 Å². The van der Waals surface area contributed by atoms with Gasteiger partial charge in [-0.1, -0.05) is 17.3 Å². The van der Waals surface area contributed by atoms with Crippen molar-refractivity contribution in [3.8, 4) is 22.8 Å². The number of fused-ring (bicyclic) bond motifs is 1. The van der Waals surface area contributed by atoms with Gasteiger partial charge in [-0.2, -0.15) is 4.98 Å². The quantitative estimate of drug-likeness (QED) is 0.374. The van der Waals surface area contributed by atoms with Crippen LogP contribution in [0.2, 0.25) is 0 Å². The molecule has 0 saturated carbocycles. The zero-order valence-corrected chi connectivity index (χ0v) is 19.5. The summed E-state index contributed by atoms with van der Waals surface area (Å²) in [7, 11) is 0. The van der Waals surface area contributed by atoms with E-state index in [0.29, 0.717) is 30.5 Å². The number of hydrogen-bond acceptors (Lipinski definition) is 8. The van der Waals surface area contributed by atoms with Crippen LogP contribution in [0.1, 0.15) is 19.8 Å². The fourth-order valence-electron chi connectivity index (χ4n) is 4.27. The summed E-state index contributed by atoms with van der Waals surface area (Å²) in [6.45, 7) is 2.48. The number of aromatic nitrogens is 5. The van der Waals surface area contributed by atoms with Crippen LogP contribution in [0.3, 0.4) is 0 Å². The highest BCUT2D eigenvalue weighted by Crippen LogP contribution is 2.25. The lowest BCUT2D eigenvalue weighted by molar-refractivity contribution is -0.151. The van der Waals surface area contributed by atoms with Crippen molar-refractivity contribution in [1.82, 2.24) is 29.2 Å². The Morgan fingerprint density at radius 2 is 2.11 bits per heavy atom. The van der Waals surface area contributed by atoms with E-state index < -0.39 is 11.5 Å². The summed E-state index contributed by atoms with van der Waals surface area (Å²) >= 11 is 0. The SMILES string of the molecule is CCOC(=O)[C@H]1CCCN(C(=O)Cn2nc3c(-c4nc(-c5cccc(F)c5)no4)cccn3c2=O)C1. The summed E-state index contributed by atoms with van der Waals surface area (Å²) in [4.78, 5) is 43.9. The lowest BCUT2D eigenvalue weighted by Gasteiger charge is -2.31. The van der Waals surface area contributed by atoms with Crippen molar-refractivity contribution >= 4 is 17.5 Å². The monoisotopic (exact) mass is 494 g/mol. The van der Waals surface area contributed by atoms with Crippen LogP contribution in [0, 0.1) is 11.7 Å². The number of amides is 1. The number of benzene rings is 1. The minimum atomic E-state index is -0.510. The third-order valence-electron chi connectivity index (χ3n) is 6.03. The number of pyridine rings is 1. The normalized spacial score (nSPS) is 15.8. The maximum atomic E-state index is 13.6. The number of ether oxygens (including phenoxy) is 1. The van der Waals surface area contributed by atoms with Gasteiger partial charge in [0, 0.05) is 24.8 Å². The molecule has 1 aromatic carbocycles. The van der Waals surface area contributed by atoms with Crippen molar-refractivity contribution in [2.24, 2.45) is 5.92 Å². The van der Waals surface area contributed by atoms with Crippen LogP contribution in [-0.2, 0) is 20.9 Å². The Labute approximate surface area is 204 Å². The highest BCUT2D eigenvalue weighted by Gasteiger charge is 2.30. The fourth-order valence-corrected chi connectivity index (χ4v) is 4.27. The van der Waals surface area contributed by atoms with Gasteiger partial charge in [0.2, 0.25) is 11.7 Å². The molecular formula is C24H23FN6O5. The Morgan fingerprint density at radius 1 is 1.25 bits per heavy atom. The second-order valence-corrected chi connectivity index (χ2v) is 8.42. The van der Waals surface area contributed by atoms with E-state index in [0.717, 1.165) is 4.68 Å². The third-order valence-corrected chi connectivity index (χ3v) is 6.03. The summed E-state index contributed by atoms with van der Waals surface area (Å²) in [6, 6.07) is 9.07. The van der Waals surface area contributed by atoms with Crippen LogP contribution in [0.4, 0.5) is 4.39 Å². The topological polar surface area (TPSA) is 125 Å². The van der Waals surface area contributed by atoms with E-state index in [4.69, 9.17) is 9.26 Å². The minimum absolute atomic E-state index is 0.0941. The number of carbonyl (C=O) groups excluding carboxylic acids is 2. The lowest BCUT2D eigenvalue weighted by atomic mass is 9.98. The molecule has 11 nitrogen and oxygen atoms in total. The van der Waals surface area contributed by atoms with E-state index in [2.05, 4.69) is 15.2 Å². The van der Waals surface area contributed by atoms with Gasteiger partial charge in [-0.15, -0.1) is 5.10 Å².